The topological polar surface area (TPSA) is 98.1 Å². The molecule has 0 spiro atoms. The van der Waals surface area contributed by atoms with Gasteiger partial charge in [-0.2, -0.15) is 0 Å². The van der Waals surface area contributed by atoms with Gasteiger partial charge < -0.3 is 19.9 Å². The maximum atomic E-state index is 12.8. The van der Waals surface area contributed by atoms with Gasteiger partial charge >= 0.3 is 0 Å². The van der Waals surface area contributed by atoms with Gasteiger partial charge in [-0.1, -0.05) is 37.2 Å². The number of hydrogen-bond acceptors (Lipinski definition) is 6. The minimum atomic E-state index is -0.355. The predicted octanol–water partition coefficient (Wildman–Crippen LogP) is 4.64. The molecule has 2 N–H and O–H groups in total. The molecular weight excluding hydrogens is 474 g/mol. The first kappa shape index (κ1) is 25.6. The molecule has 3 aromatic rings. The molecule has 180 valence electrons. The monoisotopic (exact) mass is 501 g/mol. The zero-order chi connectivity index (χ0) is 24.8. The van der Waals surface area contributed by atoms with Crippen LogP contribution < -0.4 is 15.4 Å². The SMILES string of the molecule is COc1ccc(C(=O)N[C@@H](c2nnc(SCC(=O)Nc3ccc(Cl)cc3C)n2C)C(C)C)cc1. The number of carbonyl (C=O) groups excluding carboxylic acids is 2. The summed E-state index contributed by atoms with van der Waals surface area (Å²) >= 11 is 7.25. The van der Waals surface area contributed by atoms with Gasteiger partial charge in [-0.05, 0) is 60.9 Å². The number of ether oxygens (including phenoxy) is 1. The van der Waals surface area contributed by atoms with Crippen LogP contribution in [-0.4, -0.2) is 39.4 Å². The summed E-state index contributed by atoms with van der Waals surface area (Å²) in [5.41, 5.74) is 2.13. The van der Waals surface area contributed by atoms with Crippen LogP contribution in [0.4, 0.5) is 5.69 Å². The van der Waals surface area contributed by atoms with Crippen molar-refractivity contribution < 1.29 is 14.3 Å². The fourth-order valence-electron chi connectivity index (χ4n) is 3.30. The Morgan fingerprint density at radius 2 is 1.85 bits per heavy atom. The molecule has 10 heteroatoms. The molecule has 0 radical (unpaired) electrons. The van der Waals surface area contributed by atoms with Crippen LogP contribution in [0.15, 0.2) is 47.6 Å². The summed E-state index contributed by atoms with van der Waals surface area (Å²) < 4.78 is 6.96. The summed E-state index contributed by atoms with van der Waals surface area (Å²) in [6.07, 6.45) is 0. The van der Waals surface area contributed by atoms with E-state index in [0.717, 1.165) is 11.3 Å². The van der Waals surface area contributed by atoms with Crippen molar-refractivity contribution in [3.63, 3.8) is 0 Å². The highest BCUT2D eigenvalue weighted by Gasteiger charge is 2.25. The van der Waals surface area contributed by atoms with Crippen molar-refractivity contribution in [1.82, 2.24) is 20.1 Å². The van der Waals surface area contributed by atoms with Crippen molar-refractivity contribution in [1.29, 1.82) is 0 Å². The molecule has 2 aromatic carbocycles. The van der Waals surface area contributed by atoms with E-state index in [1.165, 1.54) is 11.8 Å². The summed E-state index contributed by atoms with van der Waals surface area (Å²) in [5, 5.41) is 15.7. The van der Waals surface area contributed by atoms with Crippen molar-refractivity contribution in [3.8, 4) is 5.75 Å². The average Bonchev–Trinajstić information content (AvgIpc) is 3.17. The minimum absolute atomic E-state index is 0.0686. The van der Waals surface area contributed by atoms with Crippen molar-refractivity contribution in [2.45, 2.75) is 32.0 Å². The Morgan fingerprint density at radius 3 is 2.47 bits per heavy atom. The maximum Gasteiger partial charge on any atom is 0.251 e. The lowest BCUT2D eigenvalue weighted by molar-refractivity contribution is -0.113. The molecule has 0 bridgehead atoms. The molecule has 1 aromatic heterocycles. The number of aromatic nitrogens is 3. The van der Waals surface area contributed by atoms with Crippen LogP contribution in [0.25, 0.3) is 0 Å². The number of thioether (sulfide) groups is 1. The van der Waals surface area contributed by atoms with Crippen LogP contribution in [0, 0.1) is 12.8 Å². The third-order valence-corrected chi connectivity index (χ3v) is 6.50. The second-order valence-electron chi connectivity index (χ2n) is 8.12. The van der Waals surface area contributed by atoms with E-state index >= 15 is 0 Å². The molecule has 0 saturated carbocycles. The highest BCUT2D eigenvalue weighted by molar-refractivity contribution is 7.99. The van der Waals surface area contributed by atoms with Gasteiger partial charge in [-0.3, -0.25) is 9.59 Å². The number of anilines is 1. The molecule has 0 saturated heterocycles. The molecular formula is C24H28ClN5O3S. The Bertz CT molecular complexity index is 1160. The highest BCUT2D eigenvalue weighted by Crippen LogP contribution is 2.25. The largest absolute Gasteiger partial charge is 0.497 e. The lowest BCUT2D eigenvalue weighted by atomic mass is 10.0. The van der Waals surface area contributed by atoms with Gasteiger partial charge in [0.1, 0.15) is 5.75 Å². The first-order valence-electron chi connectivity index (χ1n) is 10.7. The van der Waals surface area contributed by atoms with E-state index < -0.39 is 0 Å². The van der Waals surface area contributed by atoms with Crippen molar-refractivity contribution in [2.24, 2.45) is 13.0 Å². The molecule has 0 unspecified atom stereocenters. The van der Waals surface area contributed by atoms with E-state index in [-0.39, 0.29) is 29.5 Å². The summed E-state index contributed by atoms with van der Waals surface area (Å²) in [4.78, 5) is 25.3. The Balaban J connectivity index is 1.66. The second kappa shape index (κ2) is 11.4. The van der Waals surface area contributed by atoms with Gasteiger partial charge in [-0.25, -0.2) is 0 Å². The number of benzene rings is 2. The standard InChI is InChI=1S/C24H28ClN5O3S/c1-14(2)21(27-23(32)16-6-9-18(33-5)10-7-16)22-28-29-24(30(22)4)34-13-20(31)26-19-11-8-17(25)12-15(19)3/h6-12,14,21H,13H2,1-5H3,(H,26,31)(H,27,32)/t21-/m1/s1. The molecule has 8 nitrogen and oxygen atoms in total. The minimum Gasteiger partial charge on any atom is -0.497 e. The number of amides is 2. The fourth-order valence-corrected chi connectivity index (χ4v) is 4.25. The number of methoxy groups -OCH3 is 1. The summed E-state index contributed by atoms with van der Waals surface area (Å²) in [7, 11) is 3.41. The second-order valence-corrected chi connectivity index (χ2v) is 9.50. The number of carbonyl (C=O) groups is 2. The quantitative estimate of drug-likeness (QED) is 0.414. The molecule has 1 atom stereocenters. The number of aryl methyl sites for hydroxylation is 1. The third-order valence-electron chi connectivity index (χ3n) is 5.25. The maximum absolute atomic E-state index is 12.8. The van der Waals surface area contributed by atoms with Gasteiger partial charge in [0, 0.05) is 23.3 Å². The average molecular weight is 502 g/mol. The Labute approximate surface area is 208 Å². The van der Waals surface area contributed by atoms with Gasteiger partial charge in [0.25, 0.3) is 5.91 Å². The molecule has 0 fully saturated rings. The molecule has 34 heavy (non-hydrogen) atoms. The lowest BCUT2D eigenvalue weighted by Crippen LogP contribution is -2.33. The van der Waals surface area contributed by atoms with E-state index in [1.807, 2.05) is 32.4 Å². The van der Waals surface area contributed by atoms with Crippen LogP contribution >= 0.6 is 23.4 Å². The number of halogens is 1. The number of nitrogens with one attached hydrogen (secondary N) is 2. The van der Waals surface area contributed by atoms with Crippen LogP contribution in [0.3, 0.4) is 0 Å². The Morgan fingerprint density at radius 1 is 1.15 bits per heavy atom. The summed E-state index contributed by atoms with van der Waals surface area (Å²) in [6.45, 7) is 5.89. The normalized spacial score (nSPS) is 11.9. The fraction of sp³-hybridized carbons (Fsp3) is 0.333. The summed E-state index contributed by atoms with van der Waals surface area (Å²) in [5.74, 6) is 1.16. The lowest BCUT2D eigenvalue weighted by Gasteiger charge is -2.21. The first-order valence-corrected chi connectivity index (χ1v) is 12.1. The van der Waals surface area contributed by atoms with Gasteiger partial charge in [-0.15, -0.1) is 10.2 Å². The molecule has 0 aliphatic carbocycles. The molecule has 0 aliphatic heterocycles. The Kier molecular flexibility index (Phi) is 8.57. The zero-order valence-corrected chi connectivity index (χ0v) is 21.3. The van der Waals surface area contributed by atoms with Crippen LogP contribution in [0.2, 0.25) is 5.02 Å². The molecule has 2 amide bonds. The smallest absolute Gasteiger partial charge is 0.251 e. The molecule has 3 rings (SSSR count). The molecule has 1 heterocycles. The van der Waals surface area contributed by atoms with E-state index in [0.29, 0.717) is 27.3 Å². The zero-order valence-electron chi connectivity index (χ0n) is 19.8. The number of nitrogens with zero attached hydrogens (tertiary/aromatic N) is 3. The van der Waals surface area contributed by atoms with Crippen molar-refractivity contribution in [3.05, 3.63) is 64.4 Å². The van der Waals surface area contributed by atoms with Crippen molar-refractivity contribution in [2.75, 3.05) is 18.2 Å². The van der Waals surface area contributed by atoms with Crippen LogP contribution in [0.1, 0.15) is 41.6 Å². The van der Waals surface area contributed by atoms with Crippen LogP contribution in [-0.2, 0) is 11.8 Å². The van der Waals surface area contributed by atoms with E-state index in [2.05, 4.69) is 20.8 Å². The van der Waals surface area contributed by atoms with Crippen LogP contribution in [0.5, 0.6) is 5.75 Å². The first-order chi connectivity index (χ1) is 16.2. The summed E-state index contributed by atoms with van der Waals surface area (Å²) in [6, 6.07) is 11.9. The highest BCUT2D eigenvalue weighted by atomic mass is 35.5. The number of hydrogen-bond donors (Lipinski definition) is 2. The van der Waals surface area contributed by atoms with Gasteiger partial charge in [0.05, 0.1) is 18.9 Å². The number of rotatable bonds is 9. The van der Waals surface area contributed by atoms with Crippen molar-refractivity contribution >= 4 is 40.9 Å². The van der Waals surface area contributed by atoms with Gasteiger partial charge in [0.2, 0.25) is 5.91 Å². The van der Waals surface area contributed by atoms with E-state index in [4.69, 9.17) is 16.3 Å². The predicted molar refractivity (Wildman–Crippen MR) is 135 cm³/mol. The van der Waals surface area contributed by atoms with E-state index in [1.54, 1.807) is 49.6 Å². The molecule has 0 aliphatic rings. The third kappa shape index (κ3) is 6.30. The van der Waals surface area contributed by atoms with Gasteiger partial charge in [0.15, 0.2) is 11.0 Å². The Hall–Kier alpha value is -3.04. The van der Waals surface area contributed by atoms with E-state index in [9.17, 15) is 9.59 Å².